The maximum Gasteiger partial charge on any atom is 0.163 e. The molecule has 1 fully saturated rings. The van der Waals surface area contributed by atoms with Crippen molar-refractivity contribution < 1.29 is 0 Å². The van der Waals surface area contributed by atoms with Crippen molar-refractivity contribution in [2.75, 3.05) is 11.9 Å². The quantitative estimate of drug-likeness (QED) is 0.730. The third-order valence-electron chi connectivity index (χ3n) is 4.68. The lowest BCUT2D eigenvalue weighted by Crippen LogP contribution is -2.08. The zero-order valence-electron chi connectivity index (χ0n) is 13.6. The number of aryl methyl sites for hydroxylation is 1. The van der Waals surface area contributed by atoms with E-state index in [2.05, 4.69) is 35.4 Å². The van der Waals surface area contributed by atoms with Crippen LogP contribution in [0.1, 0.15) is 44.0 Å². The summed E-state index contributed by atoms with van der Waals surface area (Å²) in [7, 11) is 1.89. The summed E-state index contributed by atoms with van der Waals surface area (Å²) in [6.45, 7) is 2.86. The molecule has 1 aliphatic carbocycles. The molecule has 0 bridgehead atoms. The van der Waals surface area contributed by atoms with Crippen molar-refractivity contribution in [2.24, 2.45) is 7.05 Å². The molecule has 126 valence electrons. The third kappa shape index (κ3) is 2.50. The van der Waals surface area contributed by atoms with Gasteiger partial charge in [0.15, 0.2) is 11.5 Å². The standard InChI is InChI=1S/C15H19ClN8/c1-3-17-11-7-12(16)19-15-13(11)18-8-24(15)10-5-4-9(6-10)14-20-21-22-23(14)2/h7-10H,3-6H2,1-2H3,(H,17,19)/t9-,10?/m1/s1. The molecule has 3 aromatic rings. The summed E-state index contributed by atoms with van der Waals surface area (Å²) in [5, 5.41) is 15.6. The largest absolute Gasteiger partial charge is 0.383 e. The molecule has 4 rings (SSSR count). The predicted molar refractivity (Wildman–Crippen MR) is 91.1 cm³/mol. The maximum absolute atomic E-state index is 6.20. The lowest BCUT2D eigenvalue weighted by atomic mass is 10.1. The fourth-order valence-corrected chi connectivity index (χ4v) is 3.78. The third-order valence-corrected chi connectivity index (χ3v) is 4.88. The highest BCUT2D eigenvalue weighted by atomic mass is 35.5. The molecule has 3 heterocycles. The number of nitrogens with one attached hydrogen (secondary N) is 1. The van der Waals surface area contributed by atoms with Gasteiger partial charge in [0.25, 0.3) is 0 Å². The van der Waals surface area contributed by atoms with E-state index in [0.717, 1.165) is 48.5 Å². The van der Waals surface area contributed by atoms with E-state index < -0.39 is 0 Å². The summed E-state index contributed by atoms with van der Waals surface area (Å²) in [5.41, 5.74) is 2.63. The van der Waals surface area contributed by atoms with Crippen molar-refractivity contribution in [3.05, 3.63) is 23.4 Å². The van der Waals surface area contributed by atoms with E-state index >= 15 is 0 Å². The highest BCUT2D eigenvalue weighted by molar-refractivity contribution is 6.30. The Bertz CT molecular complexity index is 870. The van der Waals surface area contributed by atoms with E-state index in [1.54, 1.807) is 4.68 Å². The predicted octanol–water partition coefficient (Wildman–Crippen LogP) is 2.55. The van der Waals surface area contributed by atoms with Gasteiger partial charge < -0.3 is 9.88 Å². The molecule has 1 unspecified atom stereocenters. The Morgan fingerprint density at radius 3 is 3.00 bits per heavy atom. The Kier molecular flexibility index (Phi) is 3.84. The maximum atomic E-state index is 6.20. The van der Waals surface area contributed by atoms with E-state index in [0.29, 0.717) is 17.1 Å². The van der Waals surface area contributed by atoms with E-state index in [-0.39, 0.29) is 0 Å². The molecule has 24 heavy (non-hydrogen) atoms. The van der Waals surface area contributed by atoms with Gasteiger partial charge in [0.1, 0.15) is 10.7 Å². The number of aromatic nitrogens is 7. The number of anilines is 1. The van der Waals surface area contributed by atoms with Crippen LogP contribution in [0.5, 0.6) is 0 Å². The van der Waals surface area contributed by atoms with Gasteiger partial charge in [0, 0.05) is 31.6 Å². The van der Waals surface area contributed by atoms with Crippen molar-refractivity contribution in [3.8, 4) is 0 Å². The molecule has 0 spiro atoms. The van der Waals surface area contributed by atoms with Crippen molar-refractivity contribution in [3.63, 3.8) is 0 Å². The van der Waals surface area contributed by atoms with E-state index in [1.165, 1.54) is 0 Å². The normalized spacial score (nSPS) is 20.8. The first-order chi connectivity index (χ1) is 11.7. The highest BCUT2D eigenvalue weighted by Crippen LogP contribution is 2.41. The molecule has 0 aliphatic heterocycles. The summed E-state index contributed by atoms with van der Waals surface area (Å²) in [5.74, 6) is 1.31. The molecule has 2 atom stereocenters. The van der Waals surface area contributed by atoms with Gasteiger partial charge in [-0.25, -0.2) is 14.6 Å². The van der Waals surface area contributed by atoms with Crippen LogP contribution in [0, 0.1) is 0 Å². The molecular formula is C15H19ClN8. The molecule has 0 aromatic carbocycles. The molecule has 9 heteroatoms. The number of hydrogen-bond donors (Lipinski definition) is 1. The van der Waals surface area contributed by atoms with Gasteiger partial charge in [-0.3, -0.25) is 0 Å². The molecule has 0 saturated heterocycles. The molecule has 3 aromatic heterocycles. The second kappa shape index (κ2) is 6.01. The molecule has 1 saturated carbocycles. The monoisotopic (exact) mass is 346 g/mol. The first-order valence-corrected chi connectivity index (χ1v) is 8.54. The van der Waals surface area contributed by atoms with Crippen molar-refractivity contribution in [1.29, 1.82) is 0 Å². The second-order valence-corrected chi connectivity index (χ2v) is 6.56. The zero-order valence-corrected chi connectivity index (χ0v) is 14.4. The van der Waals surface area contributed by atoms with E-state index in [4.69, 9.17) is 11.6 Å². The summed E-state index contributed by atoms with van der Waals surface area (Å²) in [6.07, 6.45) is 4.95. The first-order valence-electron chi connectivity index (χ1n) is 8.16. The molecule has 8 nitrogen and oxygen atoms in total. The number of tetrazole rings is 1. The van der Waals surface area contributed by atoms with Crippen LogP contribution in [0.15, 0.2) is 12.4 Å². The number of rotatable bonds is 4. The SMILES string of the molecule is CCNc1cc(Cl)nc2c1ncn2C1CC[C@@H](c2nnnn2C)C1. The molecule has 1 aliphatic rings. The number of hydrogen-bond acceptors (Lipinski definition) is 6. The van der Waals surface area contributed by atoms with Gasteiger partial charge >= 0.3 is 0 Å². The van der Waals surface area contributed by atoms with Crippen molar-refractivity contribution in [2.45, 2.75) is 38.1 Å². The van der Waals surface area contributed by atoms with Crippen LogP contribution in [-0.2, 0) is 7.05 Å². The van der Waals surface area contributed by atoms with Crippen LogP contribution < -0.4 is 5.32 Å². The molecule has 0 amide bonds. The van der Waals surface area contributed by atoms with Gasteiger partial charge in [-0.05, 0) is 36.6 Å². The lowest BCUT2D eigenvalue weighted by Gasteiger charge is -2.13. The zero-order chi connectivity index (χ0) is 16.7. The van der Waals surface area contributed by atoms with Crippen LogP contribution in [0.3, 0.4) is 0 Å². The average molecular weight is 347 g/mol. The summed E-state index contributed by atoms with van der Waals surface area (Å²) in [4.78, 5) is 9.07. The lowest BCUT2D eigenvalue weighted by molar-refractivity contribution is 0.510. The van der Waals surface area contributed by atoms with Crippen LogP contribution in [0.4, 0.5) is 5.69 Å². The Hall–Kier alpha value is -2.22. The fraction of sp³-hybridized carbons (Fsp3) is 0.533. The van der Waals surface area contributed by atoms with Gasteiger partial charge in [0.2, 0.25) is 0 Å². The summed E-state index contributed by atoms with van der Waals surface area (Å²) >= 11 is 6.20. The van der Waals surface area contributed by atoms with Crippen molar-refractivity contribution in [1.82, 2.24) is 34.7 Å². The fourth-order valence-electron chi connectivity index (χ4n) is 3.60. The Morgan fingerprint density at radius 1 is 1.38 bits per heavy atom. The van der Waals surface area contributed by atoms with Crippen LogP contribution in [0.2, 0.25) is 5.15 Å². The molecule has 0 radical (unpaired) electrons. The van der Waals surface area contributed by atoms with Crippen LogP contribution in [0.25, 0.3) is 11.2 Å². The summed E-state index contributed by atoms with van der Waals surface area (Å²) < 4.78 is 3.91. The first kappa shape index (κ1) is 15.3. The topological polar surface area (TPSA) is 86.3 Å². The molecule has 1 N–H and O–H groups in total. The minimum Gasteiger partial charge on any atom is -0.383 e. The van der Waals surface area contributed by atoms with Gasteiger partial charge in [-0.1, -0.05) is 11.6 Å². The smallest absolute Gasteiger partial charge is 0.163 e. The number of imidazole rings is 1. The van der Waals surface area contributed by atoms with Crippen LogP contribution in [-0.4, -0.2) is 41.3 Å². The van der Waals surface area contributed by atoms with Crippen molar-refractivity contribution >= 4 is 28.5 Å². The molecular weight excluding hydrogens is 328 g/mol. The summed E-state index contributed by atoms with van der Waals surface area (Å²) in [6, 6.07) is 2.16. The van der Waals surface area contributed by atoms with E-state index in [9.17, 15) is 0 Å². The number of nitrogens with zero attached hydrogens (tertiary/aromatic N) is 7. The Morgan fingerprint density at radius 2 is 2.25 bits per heavy atom. The average Bonchev–Trinajstić information content (AvgIpc) is 3.25. The number of pyridine rings is 1. The van der Waals surface area contributed by atoms with Gasteiger partial charge in [-0.2, -0.15) is 0 Å². The minimum absolute atomic E-state index is 0.331. The van der Waals surface area contributed by atoms with Crippen LogP contribution >= 0.6 is 11.6 Å². The Labute approximate surface area is 144 Å². The number of halogens is 1. The second-order valence-electron chi connectivity index (χ2n) is 6.17. The van der Waals surface area contributed by atoms with Gasteiger partial charge in [-0.15, -0.1) is 5.10 Å². The Balaban J connectivity index is 1.67. The van der Waals surface area contributed by atoms with E-state index in [1.807, 2.05) is 26.4 Å². The minimum atomic E-state index is 0.331. The highest BCUT2D eigenvalue weighted by Gasteiger charge is 2.31. The number of fused-ring (bicyclic) bond motifs is 1. The van der Waals surface area contributed by atoms with Gasteiger partial charge in [0.05, 0.1) is 12.0 Å².